The van der Waals surface area contributed by atoms with E-state index in [0.717, 1.165) is 6.42 Å². The van der Waals surface area contributed by atoms with Gasteiger partial charge in [0.1, 0.15) is 0 Å². The Balaban J connectivity index is 0.00000121. The normalized spacial score (nSPS) is 14.1. The molecular formula is C20H20. The van der Waals surface area contributed by atoms with Gasteiger partial charge in [-0.1, -0.05) is 62.5 Å². The predicted octanol–water partition coefficient (Wildman–Crippen LogP) is 5.98. The largest absolute Gasteiger partial charge is 0.0952 e. The molecule has 4 rings (SSSR count). The van der Waals surface area contributed by atoms with Gasteiger partial charge in [-0.3, -0.25) is 0 Å². The molecule has 0 fully saturated rings. The summed E-state index contributed by atoms with van der Waals surface area (Å²) < 4.78 is 0. The minimum atomic E-state index is 0. The highest BCUT2D eigenvalue weighted by atomic mass is 14.2. The van der Waals surface area contributed by atoms with Crippen LogP contribution in [0.25, 0.3) is 27.1 Å². The zero-order chi connectivity index (χ0) is 12.8. The van der Waals surface area contributed by atoms with Crippen LogP contribution in [0.3, 0.4) is 0 Å². The van der Waals surface area contributed by atoms with Gasteiger partial charge in [0, 0.05) is 0 Å². The lowest BCUT2D eigenvalue weighted by Crippen LogP contribution is -2.01. The van der Waals surface area contributed by atoms with Gasteiger partial charge in [-0.25, -0.2) is 0 Å². The van der Waals surface area contributed by atoms with E-state index in [4.69, 9.17) is 0 Å². The van der Waals surface area contributed by atoms with Crippen LogP contribution in [0.15, 0.2) is 55.1 Å². The number of hydrogen-bond donors (Lipinski definition) is 0. The fourth-order valence-electron chi connectivity index (χ4n) is 3.36. The maximum Gasteiger partial charge on any atom is -0.0102 e. The summed E-state index contributed by atoms with van der Waals surface area (Å²) in [7, 11) is 0. The van der Waals surface area contributed by atoms with E-state index in [1.54, 1.807) is 0 Å². The summed E-state index contributed by atoms with van der Waals surface area (Å²) in [5.41, 5.74) is 4.19. The average Bonchev–Trinajstić information content (AvgIpc) is 2.47. The van der Waals surface area contributed by atoms with Crippen molar-refractivity contribution in [2.24, 2.45) is 0 Å². The second kappa shape index (κ2) is 4.79. The molecule has 0 radical (unpaired) electrons. The summed E-state index contributed by atoms with van der Waals surface area (Å²) in [4.78, 5) is 0. The molecule has 0 saturated carbocycles. The molecule has 20 heavy (non-hydrogen) atoms. The molecule has 3 aromatic rings. The highest BCUT2D eigenvalue weighted by molar-refractivity contribution is 6.09. The van der Waals surface area contributed by atoms with E-state index in [9.17, 15) is 0 Å². The second-order valence-electron chi connectivity index (χ2n) is 5.43. The lowest BCUT2D eigenvalue weighted by molar-refractivity contribution is 0.830. The van der Waals surface area contributed by atoms with E-state index in [2.05, 4.69) is 55.1 Å². The molecule has 0 saturated heterocycles. The van der Waals surface area contributed by atoms with Crippen molar-refractivity contribution < 1.29 is 0 Å². The molecule has 0 bridgehead atoms. The number of rotatable bonds is 0. The number of aryl methyl sites for hydroxylation is 1. The zero-order valence-electron chi connectivity index (χ0n) is 10.9. The summed E-state index contributed by atoms with van der Waals surface area (Å²) in [6.45, 7) is 4.22. The van der Waals surface area contributed by atoms with Crippen molar-refractivity contribution in [1.29, 1.82) is 0 Å². The highest BCUT2D eigenvalue weighted by Gasteiger charge is 2.15. The third-order valence-electron chi connectivity index (χ3n) is 4.32. The van der Waals surface area contributed by atoms with Gasteiger partial charge in [0.25, 0.3) is 0 Å². The fraction of sp³-hybridized carbons (Fsp3) is 0.200. The summed E-state index contributed by atoms with van der Waals surface area (Å²) in [5, 5.41) is 5.48. The molecule has 0 heterocycles. The molecule has 1 aliphatic rings. The average molecular weight is 260 g/mol. The van der Waals surface area contributed by atoms with Crippen molar-refractivity contribution in [3.05, 3.63) is 66.2 Å². The van der Waals surface area contributed by atoms with Gasteiger partial charge in [0.2, 0.25) is 0 Å². The van der Waals surface area contributed by atoms with Crippen LogP contribution < -0.4 is 0 Å². The minimum absolute atomic E-state index is 0. The van der Waals surface area contributed by atoms with Gasteiger partial charge >= 0.3 is 0 Å². The topological polar surface area (TPSA) is 0 Å². The van der Waals surface area contributed by atoms with Crippen LogP contribution in [0.5, 0.6) is 0 Å². The Morgan fingerprint density at radius 1 is 0.750 bits per heavy atom. The standard InChI is InChI=1S/C19H16.CH4/c1-13-5-4-8-17-15(13)11-12-18-16-7-3-2-6-14(16)9-10-19(17)18;/h2-3,6-7,9-12H,1,4-5,8H2;1H4. The number of allylic oxidation sites excluding steroid dienone is 1. The molecule has 0 spiro atoms. The van der Waals surface area contributed by atoms with Crippen LogP contribution in [0, 0.1) is 0 Å². The van der Waals surface area contributed by atoms with Gasteiger partial charge < -0.3 is 0 Å². The first-order chi connectivity index (χ1) is 9.34. The van der Waals surface area contributed by atoms with Crippen LogP contribution in [-0.2, 0) is 6.42 Å². The first-order valence-corrected chi connectivity index (χ1v) is 6.96. The van der Waals surface area contributed by atoms with Crippen LogP contribution >= 0.6 is 0 Å². The molecule has 0 amide bonds. The SMILES string of the molecule is C.C=C1CCCc2c1ccc1c2ccc2ccccc21. The summed E-state index contributed by atoms with van der Waals surface area (Å²) >= 11 is 0. The number of benzene rings is 3. The summed E-state index contributed by atoms with van der Waals surface area (Å²) in [6, 6.07) is 17.7. The molecule has 0 atom stereocenters. The Morgan fingerprint density at radius 2 is 1.55 bits per heavy atom. The lowest BCUT2D eigenvalue weighted by atomic mass is 9.84. The van der Waals surface area contributed by atoms with Crippen molar-refractivity contribution in [1.82, 2.24) is 0 Å². The Hall–Kier alpha value is -2.08. The number of hydrogen-bond acceptors (Lipinski definition) is 0. The molecular weight excluding hydrogens is 240 g/mol. The van der Waals surface area contributed by atoms with Crippen LogP contribution in [0.4, 0.5) is 0 Å². The van der Waals surface area contributed by atoms with E-state index in [-0.39, 0.29) is 7.43 Å². The summed E-state index contributed by atoms with van der Waals surface area (Å²) in [5.74, 6) is 0. The van der Waals surface area contributed by atoms with Gasteiger partial charge in [-0.05, 0) is 57.5 Å². The van der Waals surface area contributed by atoms with Crippen molar-refractivity contribution in [2.45, 2.75) is 26.7 Å². The smallest absolute Gasteiger partial charge is 0.0102 e. The molecule has 0 aliphatic heterocycles. The van der Waals surface area contributed by atoms with Gasteiger partial charge in [-0.15, -0.1) is 0 Å². The van der Waals surface area contributed by atoms with E-state index >= 15 is 0 Å². The predicted molar refractivity (Wildman–Crippen MR) is 90.2 cm³/mol. The molecule has 0 nitrogen and oxygen atoms in total. The Kier molecular flexibility index (Phi) is 3.10. The van der Waals surface area contributed by atoms with Gasteiger partial charge in [0.15, 0.2) is 0 Å². The highest BCUT2D eigenvalue weighted by Crippen LogP contribution is 2.36. The Labute approximate surface area is 120 Å². The fourth-order valence-corrected chi connectivity index (χ4v) is 3.36. The van der Waals surface area contributed by atoms with Crippen molar-refractivity contribution >= 4 is 27.1 Å². The van der Waals surface area contributed by atoms with E-state index < -0.39 is 0 Å². The molecule has 100 valence electrons. The molecule has 1 aliphatic carbocycles. The minimum Gasteiger partial charge on any atom is -0.0952 e. The zero-order valence-corrected chi connectivity index (χ0v) is 10.9. The first kappa shape index (κ1) is 12.9. The van der Waals surface area contributed by atoms with Crippen molar-refractivity contribution in [2.75, 3.05) is 0 Å². The monoisotopic (exact) mass is 260 g/mol. The first-order valence-electron chi connectivity index (χ1n) is 6.96. The van der Waals surface area contributed by atoms with Crippen LogP contribution in [-0.4, -0.2) is 0 Å². The van der Waals surface area contributed by atoms with Gasteiger partial charge in [-0.2, -0.15) is 0 Å². The van der Waals surface area contributed by atoms with Crippen molar-refractivity contribution in [3.63, 3.8) is 0 Å². The Bertz CT molecular complexity index is 809. The molecule has 0 heteroatoms. The summed E-state index contributed by atoms with van der Waals surface area (Å²) in [6.07, 6.45) is 3.56. The second-order valence-corrected chi connectivity index (χ2v) is 5.43. The Morgan fingerprint density at radius 3 is 2.45 bits per heavy atom. The molecule has 0 unspecified atom stereocenters. The maximum atomic E-state index is 4.22. The quantitative estimate of drug-likeness (QED) is 0.436. The lowest BCUT2D eigenvalue weighted by Gasteiger charge is -2.20. The van der Waals surface area contributed by atoms with E-state index in [0.29, 0.717) is 0 Å². The molecule has 0 N–H and O–H groups in total. The third kappa shape index (κ3) is 1.76. The van der Waals surface area contributed by atoms with E-state index in [1.165, 1.54) is 51.1 Å². The van der Waals surface area contributed by atoms with Crippen LogP contribution in [0.1, 0.15) is 31.4 Å². The maximum absolute atomic E-state index is 4.22. The van der Waals surface area contributed by atoms with Gasteiger partial charge in [0.05, 0.1) is 0 Å². The van der Waals surface area contributed by atoms with E-state index in [1.807, 2.05) is 0 Å². The van der Waals surface area contributed by atoms with Crippen LogP contribution in [0.2, 0.25) is 0 Å². The molecule has 3 aromatic carbocycles. The van der Waals surface area contributed by atoms with Crippen molar-refractivity contribution in [3.8, 4) is 0 Å². The molecule has 0 aromatic heterocycles. The third-order valence-corrected chi connectivity index (χ3v) is 4.32. The number of fused-ring (bicyclic) bond motifs is 5.